The second-order valence-corrected chi connectivity index (χ2v) is 12.3. The summed E-state index contributed by atoms with van der Waals surface area (Å²) >= 11 is 0. The van der Waals surface area contributed by atoms with E-state index in [1.165, 1.54) is 4.90 Å². The second kappa shape index (κ2) is 18.0. The Morgan fingerprint density at radius 3 is 1.96 bits per heavy atom. The van der Waals surface area contributed by atoms with E-state index in [1.54, 1.807) is 18.9 Å². The third-order valence-electron chi connectivity index (χ3n) is 8.08. The summed E-state index contributed by atoms with van der Waals surface area (Å²) in [4.78, 5) is 72.5. The zero-order valence-corrected chi connectivity index (χ0v) is 27.7. The number of hydrogen-bond acceptors (Lipinski definition) is 7. The summed E-state index contributed by atoms with van der Waals surface area (Å²) in [5.41, 5.74) is 1.67. The quantitative estimate of drug-likeness (QED) is 0.287. The van der Waals surface area contributed by atoms with Crippen molar-refractivity contribution in [3.05, 3.63) is 71.8 Å². The molecule has 1 fully saturated rings. The predicted octanol–water partition coefficient (Wildman–Crippen LogP) is 2.04. The Kier molecular flexibility index (Phi) is 14.2. The van der Waals surface area contributed by atoms with E-state index in [4.69, 9.17) is 4.74 Å². The summed E-state index contributed by atoms with van der Waals surface area (Å²) in [6.07, 6.45) is 0.267. The molecule has 250 valence electrons. The molecule has 3 atom stereocenters. The fourth-order valence-electron chi connectivity index (χ4n) is 5.39. The van der Waals surface area contributed by atoms with E-state index in [1.807, 2.05) is 81.6 Å². The van der Waals surface area contributed by atoms with Crippen molar-refractivity contribution in [3.8, 4) is 0 Å². The number of piperazine rings is 1. The van der Waals surface area contributed by atoms with Crippen LogP contribution in [-0.2, 0) is 41.6 Å². The van der Waals surface area contributed by atoms with Crippen molar-refractivity contribution in [2.75, 3.05) is 46.9 Å². The minimum atomic E-state index is -1.32. The van der Waals surface area contributed by atoms with Crippen molar-refractivity contribution in [2.45, 2.75) is 64.6 Å². The number of nitrogens with zero attached hydrogens (tertiary/aromatic N) is 3. The maximum Gasteiger partial charge on any atom is 0.308 e. The molecule has 1 aliphatic heterocycles. The molecule has 0 saturated carbocycles. The van der Waals surface area contributed by atoms with Crippen LogP contribution in [0.5, 0.6) is 0 Å². The van der Waals surface area contributed by atoms with Gasteiger partial charge in [0, 0.05) is 39.6 Å². The van der Waals surface area contributed by atoms with Gasteiger partial charge in [0.2, 0.25) is 23.6 Å². The van der Waals surface area contributed by atoms with Gasteiger partial charge in [0.15, 0.2) is 0 Å². The molecule has 46 heavy (non-hydrogen) atoms. The molecule has 0 bridgehead atoms. The number of hydrogen-bond donors (Lipinski definition) is 2. The fourth-order valence-corrected chi connectivity index (χ4v) is 5.39. The number of rotatable bonds is 15. The Bertz CT molecular complexity index is 1300. The molecule has 0 spiro atoms. The SMILES string of the molecule is CCOC(=O)C[C@H](NC(=O)[C@H](CC(C)C)N(C)C(=O)Cc1ccccc1)C(=O)N[C@@H](Cc1ccccc1)C(=O)N1CCN(C)CC1. The largest absolute Gasteiger partial charge is 0.466 e. The third-order valence-corrected chi connectivity index (χ3v) is 8.08. The maximum absolute atomic E-state index is 13.9. The second-order valence-electron chi connectivity index (χ2n) is 12.3. The van der Waals surface area contributed by atoms with Gasteiger partial charge in [-0.1, -0.05) is 74.5 Å². The van der Waals surface area contributed by atoms with E-state index in [9.17, 15) is 24.0 Å². The molecule has 0 radical (unpaired) electrons. The van der Waals surface area contributed by atoms with Gasteiger partial charge < -0.3 is 30.1 Å². The summed E-state index contributed by atoms with van der Waals surface area (Å²) in [6.45, 7) is 8.13. The van der Waals surface area contributed by atoms with Crippen LogP contribution >= 0.6 is 0 Å². The van der Waals surface area contributed by atoms with Crippen LogP contribution in [0.3, 0.4) is 0 Å². The van der Waals surface area contributed by atoms with Crippen molar-refractivity contribution in [1.82, 2.24) is 25.3 Å². The highest BCUT2D eigenvalue weighted by Crippen LogP contribution is 2.15. The molecule has 1 saturated heterocycles. The van der Waals surface area contributed by atoms with Gasteiger partial charge in [-0.15, -0.1) is 0 Å². The molecule has 11 nitrogen and oxygen atoms in total. The summed E-state index contributed by atoms with van der Waals surface area (Å²) in [7, 11) is 3.57. The molecule has 1 heterocycles. The number of carbonyl (C=O) groups excluding carboxylic acids is 5. The average Bonchev–Trinajstić information content (AvgIpc) is 3.03. The first kappa shape index (κ1) is 36.2. The third kappa shape index (κ3) is 11.3. The number of benzene rings is 2. The smallest absolute Gasteiger partial charge is 0.308 e. The Balaban J connectivity index is 1.83. The minimum absolute atomic E-state index is 0.0523. The Morgan fingerprint density at radius 2 is 1.39 bits per heavy atom. The lowest BCUT2D eigenvalue weighted by Crippen LogP contribution is -2.59. The highest BCUT2D eigenvalue weighted by atomic mass is 16.5. The van der Waals surface area contributed by atoms with Crippen molar-refractivity contribution >= 4 is 29.6 Å². The molecule has 2 aromatic carbocycles. The van der Waals surface area contributed by atoms with Crippen molar-refractivity contribution in [3.63, 3.8) is 0 Å². The Hall–Kier alpha value is -4.25. The number of carbonyl (C=O) groups is 5. The lowest BCUT2D eigenvalue weighted by molar-refractivity contribution is -0.147. The summed E-state index contributed by atoms with van der Waals surface area (Å²) in [5, 5.41) is 5.57. The van der Waals surface area contributed by atoms with E-state index in [0.717, 1.165) is 11.1 Å². The number of nitrogens with one attached hydrogen (secondary N) is 2. The van der Waals surface area contributed by atoms with Crippen LogP contribution in [0.4, 0.5) is 0 Å². The van der Waals surface area contributed by atoms with Gasteiger partial charge in [-0.25, -0.2) is 0 Å². The fraction of sp³-hybridized carbons (Fsp3) is 0.514. The van der Waals surface area contributed by atoms with Crippen molar-refractivity contribution in [2.24, 2.45) is 5.92 Å². The van der Waals surface area contributed by atoms with Gasteiger partial charge in [0.25, 0.3) is 0 Å². The van der Waals surface area contributed by atoms with E-state index in [0.29, 0.717) is 32.6 Å². The van der Waals surface area contributed by atoms with Crippen LogP contribution in [0.2, 0.25) is 0 Å². The van der Waals surface area contributed by atoms with Crippen LogP contribution in [0.1, 0.15) is 44.7 Å². The normalized spacial score (nSPS) is 15.4. The van der Waals surface area contributed by atoms with Gasteiger partial charge in [0.05, 0.1) is 19.4 Å². The molecule has 2 N–H and O–H groups in total. The van der Waals surface area contributed by atoms with Crippen LogP contribution in [0.15, 0.2) is 60.7 Å². The summed E-state index contributed by atoms with van der Waals surface area (Å²) in [5.74, 6) is -2.33. The van der Waals surface area contributed by atoms with Crippen molar-refractivity contribution in [1.29, 1.82) is 0 Å². The van der Waals surface area contributed by atoms with Crippen LogP contribution in [0, 0.1) is 5.92 Å². The Labute approximate surface area is 272 Å². The number of esters is 1. The number of likely N-dealkylation sites (N-methyl/N-ethyl adjacent to an activating group) is 2. The summed E-state index contributed by atoms with van der Waals surface area (Å²) in [6, 6.07) is 15.5. The molecule has 0 aromatic heterocycles. The molecule has 2 aromatic rings. The molecule has 4 amide bonds. The first-order valence-electron chi connectivity index (χ1n) is 16.1. The number of ether oxygens (including phenoxy) is 1. The van der Waals surface area contributed by atoms with Gasteiger partial charge in [-0.05, 0) is 37.4 Å². The van der Waals surface area contributed by atoms with Gasteiger partial charge in [-0.3, -0.25) is 24.0 Å². The number of amides is 4. The lowest BCUT2D eigenvalue weighted by Gasteiger charge is -2.35. The zero-order chi connectivity index (χ0) is 33.6. The predicted molar refractivity (Wildman–Crippen MR) is 175 cm³/mol. The zero-order valence-electron chi connectivity index (χ0n) is 27.7. The molecule has 0 aliphatic carbocycles. The highest BCUT2D eigenvalue weighted by molar-refractivity contribution is 5.96. The molecule has 3 rings (SSSR count). The summed E-state index contributed by atoms with van der Waals surface area (Å²) < 4.78 is 5.12. The maximum atomic E-state index is 13.9. The first-order chi connectivity index (χ1) is 22.0. The Morgan fingerprint density at radius 1 is 0.826 bits per heavy atom. The van der Waals surface area contributed by atoms with E-state index in [2.05, 4.69) is 15.5 Å². The molecular weight excluding hydrogens is 586 g/mol. The van der Waals surface area contributed by atoms with Crippen LogP contribution in [-0.4, -0.2) is 109 Å². The first-order valence-corrected chi connectivity index (χ1v) is 16.1. The average molecular weight is 636 g/mol. The molecule has 11 heteroatoms. The van der Waals surface area contributed by atoms with Gasteiger partial charge >= 0.3 is 5.97 Å². The van der Waals surface area contributed by atoms with Gasteiger partial charge in [-0.2, -0.15) is 0 Å². The molecule has 0 unspecified atom stereocenters. The molecular formula is C35H49N5O6. The standard InChI is InChI=1S/C35H49N5O6/c1-6-46-32(42)24-28(36-34(44)30(21-25(2)3)39(5)31(41)23-27-15-11-8-12-16-27)33(43)37-29(22-26-13-9-7-10-14-26)35(45)40-19-17-38(4)18-20-40/h7-16,25,28-30H,6,17-24H2,1-5H3,(H,36,44)(H,37,43)/t28-,29-,30-/m0/s1. The van der Waals surface area contributed by atoms with Crippen LogP contribution < -0.4 is 10.6 Å². The topological polar surface area (TPSA) is 128 Å². The van der Waals surface area contributed by atoms with Crippen LogP contribution in [0.25, 0.3) is 0 Å². The highest BCUT2D eigenvalue weighted by Gasteiger charge is 2.35. The minimum Gasteiger partial charge on any atom is -0.466 e. The van der Waals surface area contributed by atoms with Crippen molar-refractivity contribution < 1.29 is 28.7 Å². The monoisotopic (exact) mass is 635 g/mol. The lowest BCUT2D eigenvalue weighted by atomic mass is 10.00. The van der Waals surface area contributed by atoms with E-state index in [-0.39, 0.29) is 37.2 Å². The van der Waals surface area contributed by atoms with E-state index < -0.39 is 42.3 Å². The van der Waals surface area contributed by atoms with Gasteiger partial charge in [0.1, 0.15) is 18.1 Å². The molecule has 1 aliphatic rings. The van der Waals surface area contributed by atoms with E-state index >= 15 is 0 Å².